The van der Waals surface area contributed by atoms with Gasteiger partial charge in [0.15, 0.2) is 0 Å². The average molecular weight is 381 g/mol. The van der Waals surface area contributed by atoms with E-state index in [1.54, 1.807) is 12.1 Å². The molecule has 1 N–H and O–H groups in total. The molecule has 0 fully saturated rings. The van der Waals surface area contributed by atoms with Gasteiger partial charge in [0.1, 0.15) is 10.6 Å². The van der Waals surface area contributed by atoms with Gasteiger partial charge in [0.2, 0.25) is 0 Å². The summed E-state index contributed by atoms with van der Waals surface area (Å²) in [6.07, 6.45) is 1.39. The minimum atomic E-state index is -2.87. The number of benzene rings is 2. The molecule has 3 rings (SSSR count). The van der Waals surface area contributed by atoms with E-state index in [1.807, 2.05) is 24.3 Å². The minimum Gasteiger partial charge on any atom is -0.435 e. The molecule has 8 heteroatoms. The van der Waals surface area contributed by atoms with Crippen LogP contribution in [0.25, 0.3) is 10.1 Å². The highest BCUT2D eigenvalue weighted by atomic mass is 35.5. The molecule has 1 heterocycles. The van der Waals surface area contributed by atoms with E-state index >= 15 is 0 Å². The van der Waals surface area contributed by atoms with Gasteiger partial charge < -0.3 is 4.74 Å². The monoisotopic (exact) mass is 380 g/mol. The van der Waals surface area contributed by atoms with Gasteiger partial charge in [0.05, 0.1) is 11.2 Å². The molecule has 0 aliphatic rings. The van der Waals surface area contributed by atoms with E-state index < -0.39 is 12.5 Å². The predicted molar refractivity (Wildman–Crippen MR) is 95.0 cm³/mol. The highest BCUT2D eigenvalue weighted by molar-refractivity contribution is 7.21. The zero-order valence-corrected chi connectivity index (χ0v) is 14.2. The number of fused-ring (bicyclic) bond motifs is 1. The second kappa shape index (κ2) is 7.58. The van der Waals surface area contributed by atoms with Crippen LogP contribution >= 0.6 is 22.9 Å². The molecule has 0 aliphatic heterocycles. The number of ether oxygens (including phenoxy) is 1. The smallest absolute Gasteiger partial charge is 0.387 e. The van der Waals surface area contributed by atoms with Crippen molar-refractivity contribution >= 4 is 45.1 Å². The summed E-state index contributed by atoms with van der Waals surface area (Å²) < 4.78 is 29.3. The number of thiophene rings is 1. The number of alkyl halides is 2. The van der Waals surface area contributed by atoms with Crippen molar-refractivity contribution in [2.75, 3.05) is 0 Å². The maximum absolute atomic E-state index is 12.2. The quantitative estimate of drug-likeness (QED) is 0.504. The number of nitrogens with one attached hydrogen (secondary N) is 1. The van der Waals surface area contributed by atoms with Gasteiger partial charge in [-0.1, -0.05) is 29.8 Å². The molecule has 0 aliphatic carbocycles. The number of carbonyl (C=O) groups is 1. The molecule has 0 radical (unpaired) electrons. The highest BCUT2D eigenvalue weighted by Gasteiger charge is 2.16. The second-order valence-electron chi connectivity index (χ2n) is 4.89. The van der Waals surface area contributed by atoms with Crippen LogP contribution in [0.15, 0.2) is 53.6 Å². The Labute approximate surface area is 150 Å². The molecule has 4 nitrogen and oxygen atoms in total. The van der Waals surface area contributed by atoms with Crippen LogP contribution in [0.4, 0.5) is 8.78 Å². The van der Waals surface area contributed by atoms with Crippen molar-refractivity contribution < 1.29 is 18.3 Å². The topological polar surface area (TPSA) is 50.7 Å². The number of rotatable bonds is 5. The number of hydrogen-bond donors (Lipinski definition) is 1. The van der Waals surface area contributed by atoms with Crippen molar-refractivity contribution in [3.63, 3.8) is 0 Å². The molecular formula is C17H11ClF2N2O2S. The molecule has 25 heavy (non-hydrogen) atoms. The molecule has 0 atom stereocenters. The van der Waals surface area contributed by atoms with Gasteiger partial charge in [0, 0.05) is 10.1 Å². The van der Waals surface area contributed by atoms with Gasteiger partial charge in [0.25, 0.3) is 5.91 Å². The molecule has 128 valence electrons. The first-order valence-corrected chi connectivity index (χ1v) is 8.29. The lowest BCUT2D eigenvalue weighted by Gasteiger charge is -2.03. The molecule has 0 unspecified atom stereocenters. The van der Waals surface area contributed by atoms with E-state index in [0.717, 1.165) is 10.1 Å². The summed E-state index contributed by atoms with van der Waals surface area (Å²) in [5, 5.41) is 5.06. The number of carbonyl (C=O) groups excluding carboxylic acids is 1. The Morgan fingerprint density at radius 3 is 2.60 bits per heavy atom. The Balaban J connectivity index is 1.67. The van der Waals surface area contributed by atoms with Crippen molar-refractivity contribution in [2.24, 2.45) is 5.10 Å². The number of hydrogen-bond acceptors (Lipinski definition) is 4. The third-order valence-corrected chi connectivity index (χ3v) is 4.90. The van der Waals surface area contributed by atoms with Gasteiger partial charge in [-0.3, -0.25) is 4.79 Å². The normalized spacial score (nSPS) is 11.4. The van der Waals surface area contributed by atoms with Gasteiger partial charge in [-0.25, -0.2) is 5.43 Å². The number of nitrogens with zero attached hydrogens (tertiary/aromatic N) is 1. The Bertz CT molecular complexity index is 926. The Morgan fingerprint density at radius 1 is 1.20 bits per heavy atom. The van der Waals surface area contributed by atoms with E-state index in [2.05, 4.69) is 15.3 Å². The lowest BCUT2D eigenvalue weighted by atomic mass is 10.2. The van der Waals surface area contributed by atoms with Crippen molar-refractivity contribution in [3.8, 4) is 5.75 Å². The third kappa shape index (κ3) is 4.12. The predicted octanol–water partition coefficient (Wildman–Crippen LogP) is 4.92. The first-order chi connectivity index (χ1) is 12.0. The van der Waals surface area contributed by atoms with E-state index in [4.69, 9.17) is 11.6 Å². The summed E-state index contributed by atoms with van der Waals surface area (Å²) in [5.41, 5.74) is 3.02. The maximum atomic E-state index is 12.2. The highest BCUT2D eigenvalue weighted by Crippen LogP contribution is 2.34. The van der Waals surface area contributed by atoms with Gasteiger partial charge in [-0.2, -0.15) is 13.9 Å². The fraction of sp³-hybridized carbons (Fsp3) is 0.0588. The minimum absolute atomic E-state index is 0.0493. The van der Waals surface area contributed by atoms with Crippen molar-refractivity contribution in [1.82, 2.24) is 5.43 Å². The summed E-state index contributed by atoms with van der Waals surface area (Å²) in [5.74, 6) is -0.367. The first-order valence-electron chi connectivity index (χ1n) is 7.10. The first kappa shape index (κ1) is 17.3. The van der Waals surface area contributed by atoms with Crippen LogP contribution in [0.5, 0.6) is 5.75 Å². The molecular weight excluding hydrogens is 370 g/mol. The third-order valence-electron chi connectivity index (χ3n) is 3.23. The zero-order valence-electron chi connectivity index (χ0n) is 12.6. The SMILES string of the molecule is O=C(N/N=C/c1ccc(OC(F)F)cc1)c1sc2ccccc2c1Cl. The molecule has 2 aromatic carbocycles. The lowest BCUT2D eigenvalue weighted by molar-refractivity contribution is -0.0498. The van der Waals surface area contributed by atoms with Gasteiger partial charge in [-0.15, -0.1) is 11.3 Å². The summed E-state index contributed by atoms with van der Waals surface area (Å²) >= 11 is 7.51. The van der Waals surface area contributed by atoms with Crippen molar-refractivity contribution in [3.05, 3.63) is 64.0 Å². The average Bonchev–Trinajstić information content (AvgIpc) is 2.93. The molecule has 0 bridgehead atoms. The van der Waals surface area contributed by atoms with Crippen LogP contribution in [0.2, 0.25) is 5.02 Å². The van der Waals surface area contributed by atoms with Gasteiger partial charge in [-0.05, 0) is 35.9 Å². The fourth-order valence-electron chi connectivity index (χ4n) is 2.11. The molecule has 0 saturated carbocycles. The van der Waals surface area contributed by atoms with E-state index in [9.17, 15) is 13.6 Å². The summed E-state index contributed by atoms with van der Waals surface area (Å²) in [6, 6.07) is 13.3. The van der Waals surface area contributed by atoms with Crippen LogP contribution in [0, 0.1) is 0 Å². The molecule has 0 spiro atoms. The van der Waals surface area contributed by atoms with Crippen LogP contribution < -0.4 is 10.2 Å². The lowest BCUT2D eigenvalue weighted by Crippen LogP contribution is -2.16. The number of halogens is 3. The number of amides is 1. The maximum Gasteiger partial charge on any atom is 0.387 e. The second-order valence-corrected chi connectivity index (χ2v) is 6.32. The van der Waals surface area contributed by atoms with Crippen molar-refractivity contribution in [2.45, 2.75) is 6.61 Å². The largest absolute Gasteiger partial charge is 0.435 e. The fourth-order valence-corrected chi connectivity index (χ4v) is 3.52. The van der Waals surface area contributed by atoms with Crippen LogP contribution in [0.3, 0.4) is 0 Å². The standard InChI is InChI=1S/C17H11ClF2N2O2S/c18-14-12-3-1-2-4-13(12)25-15(14)16(23)22-21-9-10-5-7-11(8-6-10)24-17(19)20/h1-9,17H,(H,22,23)/b21-9+. The van der Waals surface area contributed by atoms with E-state index in [-0.39, 0.29) is 5.75 Å². The van der Waals surface area contributed by atoms with E-state index in [0.29, 0.717) is 15.5 Å². The summed E-state index contributed by atoms with van der Waals surface area (Å²) in [4.78, 5) is 12.6. The molecule has 0 saturated heterocycles. The molecule has 1 amide bonds. The Morgan fingerprint density at radius 2 is 1.92 bits per heavy atom. The van der Waals surface area contributed by atoms with Gasteiger partial charge >= 0.3 is 6.61 Å². The Hall–Kier alpha value is -2.51. The molecule has 3 aromatic rings. The van der Waals surface area contributed by atoms with Crippen LogP contribution in [-0.4, -0.2) is 18.7 Å². The molecule has 1 aromatic heterocycles. The summed E-state index contributed by atoms with van der Waals surface area (Å²) in [6.45, 7) is -2.87. The van der Waals surface area contributed by atoms with Crippen molar-refractivity contribution in [1.29, 1.82) is 0 Å². The summed E-state index contributed by atoms with van der Waals surface area (Å²) in [7, 11) is 0. The van der Waals surface area contributed by atoms with E-state index in [1.165, 1.54) is 29.7 Å². The zero-order chi connectivity index (χ0) is 17.8. The Kier molecular flexibility index (Phi) is 5.25. The number of hydrazone groups is 1. The van der Waals surface area contributed by atoms with Crippen LogP contribution in [0.1, 0.15) is 15.2 Å². The van der Waals surface area contributed by atoms with Crippen LogP contribution in [-0.2, 0) is 0 Å².